The first kappa shape index (κ1) is 14.3. The molecular weight excluding hydrogens is 291 g/mol. The van der Waals surface area contributed by atoms with Crippen molar-refractivity contribution in [2.24, 2.45) is 0 Å². The van der Waals surface area contributed by atoms with Crippen molar-refractivity contribution in [1.29, 1.82) is 0 Å². The van der Waals surface area contributed by atoms with Gasteiger partial charge in [-0.15, -0.1) is 0 Å². The SMILES string of the molecule is O=Cc1ccc2nc(-c3cccc(C(F)(F)F)c3)ccc2c1. The van der Waals surface area contributed by atoms with E-state index in [1.165, 1.54) is 6.07 Å². The Kier molecular flexibility index (Phi) is 3.41. The van der Waals surface area contributed by atoms with E-state index in [2.05, 4.69) is 4.98 Å². The molecule has 2 aromatic carbocycles. The number of hydrogen-bond donors (Lipinski definition) is 0. The van der Waals surface area contributed by atoms with Crippen LogP contribution in [0, 0.1) is 0 Å². The number of carbonyl (C=O) groups is 1. The lowest BCUT2D eigenvalue weighted by atomic mass is 10.1. The van der Waals surface area contributed by atoms with Gasteiger partial charge in [0.15, 0.2) is 0 Å². The summed E-state index contributed by atoms with van der Waals surface area (Å²) in [6.07, 6.45) is -3.65. The molecule has 110 valence electrons. The van der Waals surface area contributed by atoms with Crippen LogP contribution in [0.5, 0.6) is 0 Å². The van der Waals surface area contributed by atoms with Crippen molar-refractivity contribution in [3.05, 3.63) is 65.7 Å². The molecule has 0 N–H and O–H groups in total. The van der Waals surface area contributed by atoms with Gasteiger partial charge in [-0.05, 0) is 36.4 Å². The first-order valence-electron chi connectivity index (χ1n) is 6.51. The molecule has 0 saturated heterocycles. The Morgan fingerprint density at radius 1 is 0.955 bits per heavy atom. The molecule has 1 aromatic heterocycles. The summed E-state index contributed by atoms with van der Waals surface area (Å²) < 4.78 is 38.3. The van der Waals surface area contributed by atoms with Crippen LogP contribution >= 0.6 is 0 Å². The minimum absolute atomic E-state index is 0.399. The predicted molar refractivity (Wildman–Crippen MR) is 77.6 cm³/mol. The molecule has 0 atom stereocenters. The smallest absolute Gasteiger partial charge is 0.298 e. The third-order valence-electron chi connectivity index (χ3n) is 3.33. The molecule has 1 heterocycles. The van der Waals surface area contributed by atoms with Gasteiger partial charge in [0.05, 0.1) is 16.8 Å². The van der Waals surface area contributed by atoms with Gasteiger partial charge in [0.25, 0.3) is 0 Å². The van der Waals surface area contributed by atoms with Crippen molar-refractivity contribution < 1.29 is 18.0 Å². The van der Waals surface area contributed by atoms with Gasteiger partial charge in [0.2, 0.25) is 0 Å². The highest BCUT2D eigenvalue weighted by atomic mass is 19.4. The van der Waals surface area contributed by atoms with Gasteiger partial charge in [0.1, 0.15) is 6.29 Å². The first-order chi connectivity index (χ1) is 10.5. The van der Waals surface area contributed by atoms with Gasteiger partial charge < -0.3 is 0 Å². The molecule has 0 fully saturated rings. The normalized spacial score (nSPS) is 11.6. The number of nitrogens with zero attached hydrogens (tertiary/aromatic N) is 1. The molecule has 22 heavy (non-hydrogen) atoms. The lowest BCUT2D eigenvalue weighted by Crippen LogP contribution is -2.04. The van der Waals surface area contributed by atoms with Gasteiger partial charge in [-0.2, -0.15) is 13.2 Å². The van der Waals surface area contributed by atoms with E-state index in [4.69, 9.17) is 0 Å². The maximum Gasteiger partial charge on any atom is 0.416 e. The number of benzene rings is 2. The van der Waals surface area contributed by atoms with Gasteiger partial charge in [0, 0.05) is 16.5 Å². The van der Waals surface area contributed by atoms with Crippen LogP contribution in [0.25, 0.3) is 22.2 Å². The fourth-order valence-corrected chi connectivity index (χ4v) is 2.23. The van der Waals surface area contributed by atoms with Gasteiger partial charge in [-0.25, -0.2) is 4.98 Å². The van der Waals surface area contributed by atoms with Crippen LogP contribution < -0.4 is 0 Å². The molecule has 0 radical (unpaired) electrons. The molecule has 0 aliphatic heterocycles. The summed E-state index contributed by atoms with van der Waals surface area (Å²) in [6.45, 7) is 0. The van der Waals surface area contributed by atoms with E-state index in [1.54, 1.807) is 36.4 Å². The molecule has 3 aromatic rings. The lowest BCUT2D eigenvalue weighted by Gasteiger charge is -2.09. The van der Waals surface area contributed by atoms with Crippen molar-refractivity contribution >= 4 is 17.2 Å². The number of aldehydes is 1. The van der Waals surface area contributed by atoms with Crippen LogP contribution in [0.1, 0.15) is 15.9 Å². The van der Waals surface area contributed by atoms with E-state index < -0.39 is 11.7 Å². The fraction of sp³-hybridized carbons (Fsp3) is 0.0588. The second-order valence-electron chi connectivity index (χ2n) is 4.85. The molecule has 0 amide bonds. The minimum Gasteiger partial charge on any atom is -0.298 e. The number of carbonyl (C=O) groups excluding carboxylic acids is 1. The molecule has 0 aliphatic carbocycles. The van der Waals surface area contributed by atoms with Gasteiger partial charge in [-0.3, -0.25) is 4.79 Å². The summed E-state index contributed by atoms with van der Waals surface area (Å²) in [4.78, 5) is 15.1. The number of fused-ring (bicyclic) bond motifs is 1. The fourth-order valence-electron chi connectivity index (χ4n) is 2.23. The Balaban J connectivity index is 2.09. The Morgan fingerprint density at radius 3 is 2.50 bits per heavy atom. The second kappa shape index (κ2) is 5.26. The highest BCUT2D eigenvalue weighted by molar-refractivity contribution is 5.88. The maximum absolute atomic E-state index is 12.8. The number of pyridine rings is 1. The Labute approximate surface area is 124 Å². The van der Waals surface area contributed by atoms with Crippen molar-refractivity contribution in [2.45, 2.75) is 6.18 Å². The van der Waals surface area contributed by atoms with E-state index in [0.29, 0.717) is 22.3 Å². The number of aromatic nitrogens is 1. The molecule has 0 saturated carbocycles. The number of hydrogen-bond acceptors (Lipinski definition) is 2. The summed E-state index contributed by atoms with van der Waals surface area (Å²) in [7, 11) is 0. The van der Waals surface area contributed by atoms with Crippen LogP contribution in [-0.2, 0) is 6.18 Å². The van der Waals surface area contributed by atoms with Gasteiger partial charge >= 0.3 is 6.18 Å². The molecule has 2 nitrogen and oxygen atoms in total. The summed E-state index contributed by atoms with van der Waals surface area (Å²) in [5.74, 6) is 0. The van der Waals surface area contributed by atoms with Crippen LogP contribution in [0.2, 0.25) is 0 Å². The van der Waals surface area contributed by atoms with Crippen molar-refractivity contribution in [2.75, 3.05) is 0 Å². The topological polar surface area (TPSA) is 30.0 Å². The van der Waals surface area contributed by atoms with Crippen molar-refractivity contribution in [3.63, 3.8) is 0 Å². The van der Waals surface area contributed by atoms with E-state index in [-0.39, 0.29) is 0 Å². The second-order valence-corrected chi connectivity index (χ2v) is 4.85. The van der Waals surface area contributed by atoms with Crippen molar-refractivity contribution in [3.8, 4) is 11.3 Å². The molecule has 3 rings (SSSR count). The zero-order valence-electron chi connectivity index (χ0n) is 11.3. The lowest BCUT2D eigenvalue weighted by molar-refractivity contribution is -0.137. The highest BCUT2D eigenvalue weighted by Gasteiger charge is 2.30. The zero-order chi connectivity index (χ0) is 15.7. The van der Waals surface area contributed by atoms with Crippen LogP contribution in [-0.4, -0.2) is 11.3 Å². The Hall–Kier alpha value is -2.69. The van der Waals surface area contributed by atoms with E-state index in [9.17, 15) is 18.0 Å². The molecule has 0 spiro atoms. The third-order valence-corrected chi connectivity index (χ3v) is 3.33. The van der Waals surface area contributed by atoms with Crippen LogP contribution in [0.3, 0.4) is 0 Å². The molecule has 0 unspecified atom stereocenters. The zero-order valence-corrected chi connectivity index (χ0v) is 11.3. The summed E-state index contributed by atoms with van der Waals surface area (Å²) in [6, 6.07) is 13.4. The molecule has 5 heteroatoms. The molecule has 0 bridgehead atoms. The van der Waals surface area contributed by atoms with E-state index in [1.807, 2.05) is 0 Å². The van der Waals surface area contributed by atoms with Crippen molar-refractivity contribution in [1.82, 2.24) is 4.98 Å². The first-order valence-corrected chi connectivity index (χ1v) is 6.51. The average Bonchev–Trinajstić information content (AvgIpc) is 2.53. The Bertz CT molecular complexity index is 856. The average molecular weight is 301 g/mol. The third kappa shape index (κ3) is 2.70. The van der Waals surface area contributed by atoms with Gasteiger partial charge in [-0.1, -0.05) is 18.2 Å². The van der Waals surface area contributed by atoms with Crippen LogP contribution in [0.4, 0.5) is 13.2 Å². The monoisotopic (exact) mass is 301 g/mol. The molecule has 0 aliphatic rings. The highest BCUT2D eigenvalue weighted by Crippen LogP contribution is 2.32. The van der Waals surface area contributed by atoms with E-state index in [0.717, 1.165) is 23.8 Å². The summed E-state index contributed by atoms with van der Waals surface area (Å²) >= 11 is 0. The number of alkyl halides is 3. The summed E-state index contributed by atoms with van der Waals surface area (Å²) in [5.41, 5.74) is 1.30. The van der Waals surface area contributed by atoms with E-state index >= 15 is 0 Å². The summed E-state index contributed by atoms with van der Waals surface area (Å²) in [5, 5.41) is 0.764. The minimum atomic E-state index is -4.38. The number of rotatable bonds is 2. The largest absolute Gasteiger partial charge is 0.416 e. The van der Waals surface area contributed by atoms with Crippen LogP contribution in [0.15, 0.2) is 54.6 Å². The maximum atomic E-state index is 12.8. The molecular formula is C17H10F3NO. The quantitative estimate of drug-likeness (QED) is 0.640. The predicted octanol–water partition coefficient (Wildman–Crippen LogP) is 4.73. The Morgan fingerprint density at radius 2 is 1.77 bits per heavy atom. The number of halogens is 3. The standard InChI is InChI=1S/C17H10F3NO/c18-17(19,20)14-3-1-2-12(9-14)16-7-5-13-8-11(10-22)4-6-15(13)21-16/h1-10H.